The monoisotopic (exact) mass is 305 g/mol. The molecule has 0 radical (unpaired) electrons. The Morgan fingerprint density at radius 1 is 1.38 bits per heavy atom. The van der Waals surface area contributed by atoms with Crippen molar-refractivity contribution in [2.75, 3.05) is 39.8 Å². The molecule has 0 unspecified atom stereocenters. The molecule has 0 bridgehead atoms. The van der Waals surface area contributed by atoms with E-state index in [4.69, 9.17) is 17.0 Å². The van der Waals surface area contributed by atoms with Crippen LogP contribution in [0.15, 0.2) is 23.4 Å². The van der Waals surface area contributed by atoms with Crippen LogP contribution < -0.4 is 10.2 Å². The number of thiocarbonyl (C=S) groups is 1. The van der Waals surface area contributed by atoms with Gasteiger partial charge < -0.3 is 14.5 Å². The molecule has 0 saturated carbocycles. The Hall–Kier alpha value is -1.73. The van der Waals surface area contributed by atoms with Crippen LogP contribution in [0.4, 0.5) is 0 Å². The van der Waals surface area contributed by atoms with Crippen molar-refractivity contribution in [3.63, 3.8) is 0 Å². The zero-order chi connectivity index (χ0) is 14.7. The Bertz CT molecular complexity index is 554. The van der Waals surface area contributed by atoms with Crippen LogP contribution >= 0.6 is 12.2 Å². The van der Waals surface area contributed by atoms with E-state index in [0.29, 0.717) is 11.7 Å². The second-order valence-electron chi connectivity index (χ2n) is 5.21. The Labute approximate surface area is 129 Å². The molecule has 1 fully saturated rings. The van der Waals surface area contributed by atoms with Gasteiger partial charge in [-0.05, 0) is 31.4 Å². The second-order valence-corrected chi connectivity index (χ2v) is 5.60. The first kappa shape index (κ1) is 14.2. The van der Waals surface area contributed by atoms with Crippen LogP contribution in [0.1, 0.15) is 12.1 Å². The van der Waals surface area contributed by atoms with E-state index in [1.807, 2.05) is 12.1 Å². The van der Waals surface area contributed by atoms with E-state index < -0.39 is 0 Å². The predicted octanol–water partition coefficient (Wildman–Crippen LogP) is 0.690. The fourth-order valence-corrected chi connectivity index (χ4v) is 2.63. The van der Waals surface area contributed by atoms with E-state index in [-0.39, 0.29) is 0 Å². The molecule has 6 nitrogen and oxygen atoms in total. The summed E-state index contributed by atoms with van der Waals surface area (Å²) in [6.45, 7) is 4.55. The Morgan fingerprint density at radius 3 is 3.00 bits per heavy atom. The number of nitrogens with one attached hydrogen (secondary N) is 1. The Balaban J connectivity index is 1.65. The number of nitrogens with zero attached hydrogens (tertiary/aromatic N) is 4. The normalized spacial score (nSPS) is 20.8. The van der Waals surface area contributed by atoms with E-state index in [0.717, 1.165) is 49.8 Å². The van der Waals surface area contributed by atoms with Crippen LogP contribution in [0, 0.1) is 0 Å². The number of hydrazone groups is 1. The van der Waals surface area contributed by atoms with Crippen molar-refractivity contribution in [1.82, 2.24) is 20.2 Å². The van der Waals surface area contributed by atoms with Crippen molar-refractivity contribution < 1.29 is 4.74 Å². The van der Waals surface area contributed by atoms with Crippen molar-refractivity contribution in [2.24, 2.45) is 5.10 Å². The molecule has 1 aromatic heterocycles. The molecule has 0 spiro atoms. The highest BCUT2D eigenvalue weighted by Crippen LogP contribution is 2.21. The van der Waals surface area contributed by atoms with Gasteiger partial charge in [-0.3, -0.25) is 10.4 Å². The fourth-order valence-electron chi connectivity index (χ4n) is 2.40. The SMILES string of the molecule is CN1CCN(C(=S)N/N=C2/CCOc3cccnc32)CC1. The smallest absolute Gasteiger partial charge is 0.189 e. The lowest BCUT2D eigenvalue weighted by Gasteiger charge is -2.33. The van der Waals surface area contributed by atoms with Gasteiger partial charge in [-0.15, -0.1) is 0 Å². The zero-order valence-electron chi connectivity index (χ0n) is 12.1. The molecule has 0 atom stereocenters. The third kappa shape index (κ3) is 3.30. The van der Waals surface area contributed by atoms with Gasteiger partial charge in [0.2, 0.25) is 0 Å². The van der Waals surface area contributed by atoms with Crippen molar-refractivity contribution >= 4 is 23.0 Å². The van der Waals surface area contributed by atoms with E-state index in [2.05, 4.69) is 32.4 Å². The van der Waals surface area contributed by atoms with Gasteiger partial charge in [-0.2, -0.15) is 5.10 Å². The second kappa shape index (κ2) is 6.36. The first-order valence-electron chi connectivity index (χ1n) is 7.12. The van der Waals surface area contributed by atoms with Crippen molar-refractivity contribution in [1.29, 1.82) is 0 Å². The van der Waals surface area contributed by atoms with Crippen molar-refractivity contribution in [3.8, 4) is 5.75 Å². The Morgan fingerprint density at radius 2 is 2.19 bits per heavy atom. The molecule has 0 aliphatic carbocycles. The number of fused-ring (bicyclic) bond motifs is 1. The highest BCUT2D eigenvalue weighted by Gasteiger charge is 2.19. The molecule has 0 aromatic carbocycles. The van der Waals surface area contributed by atoms with Gasteiger partial charge in [0, 0.05) is 38.8 Å². The number of hydrogen-bond acceptors (Lipinski definition) is 5. The summed E-state index contributed by atoms with van der Waals surface area (Å²) in [5.41, 5.74) is 4.71. The van der Waals surface area contributed by atoms with Gasteiger partial charge >= 0.3 is 0 Å². The average molecular weight is 305 g/mol. The maximum absolute atomic E-state index is 5.57. The van der Waals surface area contributed by atoms with Crippen LogP contribution in [0.25, 0.3) is 0 Å². The minimum atomic E-state index is 0.625. The standard InChI is InChI=1S/C14H19N5OS/c1-18-6-8-19(9-7-18)14(21)17-16-11-4-10-20-12-3-2-5-15-13(11)12/h2-3,5H,4,6-10H2,1H3,(H,17,21)/b16-11-. The molecule has 1 N–H and O–H groups in total. The quantitative estimate of drug-likeness (QED) is 0.609. The molecular formula is C14H19N5OS. The van der Waals surface area contributed by atoms with Crippen LogP contribution in [0.5, 0.6) is 5.75 Å². The molecule has 3 heterocycles. The summed E-state index contributed by atoms with van der Waals surface area (Å²) >= 11 is 5.42. The largest absolute Gasteiger partial charge is 0.491 e. The van der Waals surface area contributed by atoms with E-state index >= 15 is 0 Å². The number of aromatic nitrogens is 1. The zero-order valence-corrected chi connectivity index (χ0v) is 12.9. The van der Waals surface area contributed by atoms with E-state index in [1.54, 1.807) is 6.20 Å². The van der Waals surface area contributed by atoms with Gasteiger partial charge in [-0.25, -0.2) is 0 Å². The Kier molecular flexibility index (Phi) is 4.31. The molecule has 7 heteroatoms. The van der Waals surface area contributed by atoms with Gasteiger partial charge in [-0.1, -0.05) is 0 Å². The predicted molar refractivity (Wildman–Crippen MR) is 85.7 cm³/mol. The summed E-state index contributed by atoms with van der Waals surface area (Å²) in [6, 6.07) is 3.78. The summed E-state index contributed by atoms with van der Waals surface area (Å²) in [6.07, 6.45) is 2.49. The fraction of sp³-hybridized carbons (Fsp3) is 0.500. The maximum Gasteiger partial charge on any atom is 0.189 e. The van der Waals surface area contributed by atoms with Gasteiger partial charge in [0.05, 0.1) is 12.3 Å². The lowest BCUT2D eigenvalue weighted by molar-refractivity contribution is 0.214. The van der Waals surface area contributed by atoms with Crippen LogP contribution in [0.2, 0.25) is 0 Å². The third-order valence-corrected chi connectivity index (χ3v) is 4.07. The van der Waals surface area contributed by atoms with Gasteiger partial charge in [0.15, 0.2) is 5.11 Å². The molecule has 21 heavy (non-hydrogen) atoms. The molecule has 112 valence electrons. The number of rotatable bonds is 1. The number of hydrogen-bond donors (Lipinski definition) is 1. The maximum atomic E-state index is 5.57. The summed E-state index contributed by atoms with van der Waals surface area (Å²) in [5.74, 6) is 0.787. The van der Waals surface area contributed by atoms with Crippen LogP contribution in [0.3, 0.4) is 0 Å². The lowest BCUT2D eigenvalue weighted by Crippen LogP contribution is -2.49. The molecule has 2 aliphatic heterocycles. The molecular weight excluding hydrogens is 286 g/mol. The lowest BCUT2D eigenvalue weighted by atomic mass is 10.1. The first-order chi connectivity index (χ1) is 10.2. The van der Waals surface area contributed by atoms with E-state index in [1.165, 1.54) is 0 Å². The summed E-state index contributed by atoms with van der Waals surface area (Å²) < 4.78 is 5.57. The number of ether oxygens (including phenoxy) is 1. The minimum absolute atomic E-state index is 0.625. The topological polar surface area (TPSA) is 53.0 Å². The highest BCUT2D eigenvalue weighted by molar-refractivity contribution is 7.80. The summed E-state index contributed by atoms with van der Waals surface area (Å²) in [4.78, 5) is 8.79. The highest BCUT2D eigenvalue weighted by atomic mass is 32.1. The minimum Gasteiger partial charge on any atom is -0.491 e. The molecule has 1 aromatic rings. The van der Waals surface area contributed by atoms with Crippen molar-refractivity contribution in [3.05, 3.63) is 24.0 Å². The molecule has 2 aliphatic rings. The molecule has 1 saturated heterocycles. The average Bonchev–Trinajstić information content (AvgIpc) is 2.53. The molecule has 3 rings (SSSR count). The van der Waals surface area contributed by atoms with Crippen LogP contribution in [-0.4, -0.2) is 65.4 Å². The van der Waals surface area contributed by atoms with Crippen LogP contribution in [-0.2, 0) is 0 Å². The van der Waals surface area contributed by atoms with Crippen molar-refractivity contribution in [2.45, 2.75) is 6.42 Å². The van der Waals surface area contributed by atoms with Gasteiger partial charge in [0.25, 0.3) is 0 Å². The van der Waals surface area contributed by atoms with E-state index in [9.17, 15) is 0 Å². The van der Waals surface area contributed by atoms with Gasteiger partial charge in [0.1, 0.15) is 11.4 Å². The third-order valence-electron chi connectivity index (χ3n) is 3.72. The summed E-state index contributed by atoms with van der Waals surface area (Å²) in [7, 11) is 2.12. The number of piperazine rings is 1. The first-order valence-corrected chi connectivity index (χ1v) is 7.53. The molecule has 0 amide bonds. The summed E-state index contributed by atoms with van der Waals surface area (Å²) in [5, 5.41) is 5.13. The number of pyridine rings is 1. The number of likely N-dealkylation sites (N-methyl/N-ethyl adjacent to an activating group) is 1.